The van der Waals surface area contributed by atoms with Crippen molar-refractivity contribution >= 4 is 5.97 Å². The number of benzene rings is 1. The molecule has 4 heteroatoms. The minimum atomic E-state index is -0.816. The average Bonchev–Trinajstić information content (AvgIpc) is 2.71. The molecule has 1 atom stereocenters. The van der Waals surface area contributed by atoms with E-state index >= 15 is 0 Å². The number of hydrogen-bond acceptors (Lipinski definition) is 3. The number of phenols is 1. The Morgan fingerprint density at radius 1 is 0.793 bits per heavy atom. The topological polar surface area (TPSA) is 69.6 Å². The van der Waals surface area contributed by atoms with Gasteiger partial charge < -0.3 is 15.5 Å². The van der Waals surface area contributed by atoms with E-state index in [-0.39, 0.29) is 5.75 Å². The first-order valence-electron chi connectivity index (χ1n) is 11.9. The van der Waals surface area contributed by atoms with E-state index in [9.17, 15) is 15.0 Å². The van der Waals surface area contributed by atoms with Crippen molar-refractivity contribution in [3.63, 3.8) is 0 Å². The third kappa shape index (κ3) is 14.1. The molecule has 0 unspecified atom stereocenters. The Balaban J connectivity index is 1.94. The number of aliphatic carboxylic acids is 1. The van der Waals surface area contributed by atoms with Crippen LogP contribution in [0.3, 0.4) is 0 Å². The van der Waals surface area contributed by atoms with Crippen molar-refractivity contribution in [1.29, 1.82) is 0 Å². The molecule has 0 spiro atoms. The summed E-state index contributed by atoms with van der Waals surface area (Å²) in [5, 5.41) is 21.9. The molecule has 4 nitrogen and oxygen atoms in total. The molecule has 0 saturated heterocycles. The van der Waals surface area contributed by atoms with Crippen LogP contribution in [0.4, 0.5) is 0 Å². The molecule has 1 aromatic carbocycles. The maximum Gasteiger partial charge on any atom is 0.321 e. The summed E-state index contributed by atoms with van der Waals surface area (Å²) < 4.78 is 0. The van der Waals surface area contributed by atoms with Crippen LogP contribution >= 0.6 is 0 Å². The first-order valence-corrected chi connectivity index (χ1v) is 11.9. The van der Waals surface area contributed by atoms with Gasteiger partial charge in [0.25, 0.3) is 0 Å². The lowest BCUT2D eigenvalue weighted by atomic mass is 10.0. The number of unbranched alkanes of at least 4 members (excludes halogenated alkanes) is 13. The van der Waals surface area contributed by atoms with Crippen LogP contribution < -0.4 is 5.32 Å². The highest BCUT2D eigenvalue weighted by Gasteiger charge is 2.16. The van der Waals surface area contributed by atoms with E-state index < -0.39 is 12.0 Å². The number of carbonyl (C=O) groups is 1. The molecule has 1 aromatic rings. The second-order valence-corrected chi connectivity index (χ2v) is 8.31. The van der Waals surface area contributed by atoms with E-state index in [1.807, 2.05) is 0 Å². The van der Waals surface area contributed by atoms with Gasteiger partial charge in [0, 0.05) is 0 Å². The zero-order valence-corrected chi connectivity index (χ0v) is 18.5. The molecule has 0 amide bonds. The van der Waals surface area contributed by atoms with Crippen LogP contribution in [0.5, 0.6) is 5.75 Å². The van der Waals surface area contributed by atoms with Gasteiger partial charge in [0.2, 0.25) is 0 Å². The molecule has 29 heavy (non-hydrogen) atoms. The van der Waals surface area contributed by atoms with Gasteiger partial charge in [-0.2, -0.15) is 0 Å². The monoisotopic (exact) mass is 405 g/mol. The molecule has 0 bridgehead atoms. The molecule has 0 fully saturated rings. The third-order valence-corrected chi connectivity index (χ3v) is 5.60. The molecule has 3 N–H and O–H groups in total. The van der Waals surface area contributed by atoms with E-state index in [4.69, 9.17) is 0 Å². The van der Waals surface area contributed by atoms with Gasteiger partial charge in [-0.3, -0.25) is 4.79 Å². The Labute approximate surface area is 178 Å². The molecule has 0 saturated carbocycles. The van der Waals surface area contributed by atoms with E-state index in [1.54, 1.807) is 24.3 Å². The van der Waals surface area contributed by atoms with Crippen LogP contribution in [0, 0.1) is 0 Å². The summed E-state index contributed by atoms with van der Waals surface area (Å²) in [6.07, 6.45) is 19.0. The lowest BCUT2D eigenvalue weighted by Gasteiger charge is -2.14. The maximum atomic E-state index is 11.4. The summed E-state index contributed by atoms with van der Waals surface area (Å²) in [7, 11) is 0. The lowest BCUT2D eigenvalue weighted by molar-refractivity contribution is -0.139. The Hall–Kier alpha value is -1.55. The molecule has 166 valence electrons. The van der Waals surface area contributed by atoms with Crippen molar-refractivity contribution in [1.82, 2.24) is 5.32 Å². The van der Waals surface area contributed by atoms with Gasteiger partial charge in [0.1, 0.15) is 11.8 Å². The van der Waals surface area contributed by atoms with Gasteiger partial charge in [-0.25, -0.2) is 0 Å². The Morgan fingerprint density at radius 3 is 1.69 bits per heavy atom. The smallest absolute Gasteiger partial charge is 0.321 e. The van der Waals surface area contributed by atoms with Crippen LogP contribution in [-0.4, -0.2) is 28.8 Å². The zero-order chi connectivity index (χ0) is 21.2. The number of phenolic OH excluding ortho intramolecular Hbond substituents is 1. The van der Waals surface area contributed by atoms with Crippen LogP contribution in [0.15, 0.2) is 24.3 Å². The quantitative estimate of drug-likeness (QED) is 0.231. The zero-order valence-electron chi connectivity index (χ0n) is 18.5. The molecule has 0 aromatic heterocycles. The summed E-state index contributed by atoms with van der Waals surface area (Å²) in [6.45, 7) is 3.01. The number of carboxylic acid groups (broad SMARTS) is 1. The Morgan fingerprint density at radius 2 is 1.24 bits per heavy atom. The first-order chi connectivity index (χ1) is 14.1. The fraction of sp³-hybridized carbons (Fsp3) is 0.720. The summed E-state index contributed by atoms with van der Waals surface area (Å²) in [4.78, 5) is 11.4. The molecular weight excluding hydrogens is 362 g/mol. The second kappa shape index (κ2) is 17.3. The second-order valence-electron chi connectivity index (χ2n) is 8.31. The van der Waals surface area contributed by atoms with E-state index in [0.29, 0.717) is 6.42 Å². The average molecular weight is 406 g/mol. The van der Waals surface area contributed by atoms with Gasteiger partial charge in [-0.15, -0.1) is 0 Å². The number of carboxylic acids is 1. The van der Waals surface area contributed by atoms with Crippen LogP contribution in [0.2, 0.25) is 0 Å². The van der Waals surface area contributed by atoms with Gasteiger partial charge in [-0.1, -0.05) is 103 Å². The SMILES string of the molecule is CCCCCCCCCCCCCCCCN[C@@H](Cc1ccc(O)cc1)C(=O)O. The fourth-order valence-corrected chi connectivity index (χ4v) is 3.71. The maximum absolute atomic E-state index is 11.4. The van der Waals surface area contributed by atoms with Crippen molar-refractivity contribution in [2.45, 2.75) is 109 Å². The molecule has 0 heterocycles. The highest BCUT2D eigenvalue weighted by Crippen LogP contribution is 2.13. The Kier molecular flexibility index (Phi) is 15.2. The van der Waals surface area contributed by atoms with E-state index in [0.717, 1.165) is 24.9 Å². The largest absolute Gasteiger partial charge is 0.508 e. The molecule has 0 aliphatic rings. The first kappa shape index (κ1) is 25.5. The summed E-state index contributed by atoms with van der Waals surface area (Å²) >= 11 is 0. The highest BCUT2D eigenvalue weighted by atomic mass is 16.4. The summed E-state index contributed by atoms with van der Waals surface area (Å²) in [5.41, 5.74) is 0.920. The van der Waals surface area contributed by atoms with Crippen molar-refractivity contribution in [3.8, 4) is 5.75 Å². The molecular formula is C25H43NO3. The predicted molar refractivity (Wildman–Crippen MR) is 122 cm³/mol. The molecule has 1 rings (SSSR count). The minimum Gasteiger partial charge on any atom is -0.508 e. The minimum absolute atomic E-state index is 0.205. The van der Waals surface area contributed by atoms with Crippen LogP contribution in [0.25, 0.3) is 0 Å². The third-order valence-electron chi connectivity index (χ3n) is 5.60. The predicted octanol–water partition coefficient (Wildman–Crippen LogP) is 6.46. The Bertz CT molecular complexity index is 515. The van der Waals surface area contributed by atoms with Gasteiger partial charge in [0.05, 0.1) is 0 Å². The number of rotatable bonds is 19. The number of nitrogens with one attached hydrogen (secondary N) is 1. The van der Waals surface area contributed by atoms with Crippen molar-refractivity contribution < 1.29 is 15.0 Å². The van der Waals surface area contributed by atoms with Gasteiger partial charge in [-0.05, 0) is 37.1 Å². The summed E-state index contributed by atoms with van der Waals surface area (Å²) in [6, 6.07) is 6.18. The molecule has 0 aliphatic carbocycles. The molecule has 0 aliphatic heterocycles. The standard InChI is InChI=1S/C25H43NO3/c1-2-3-4-5-6-7-8-9-10-11-12-13-14-15-20-26-24(25(28)29)21-22-16-18-23(27)19-17-22/h16-19,24,26-27H,2-15,20-21H2,1H3,(H,28,29)/t24-/m0/s1. The number of hydrogen-bond donors (Lipinski definition) is 3. The van der Waals surface area contributed by atoms with Crippen LogP contribution in [0.1, 0.15) is 102 Å². The number of aromatic hydroxyl groups is 1. The van der Waals surface area contributed by atoms with Crippen molar-refractivity contribution in [2.75, 3.05) is 6.54 Å². The van der Waals surface area contributed by atoms with E-state index in [2.05, 4.69) is 12.2 Å². The normalized spacial score (nSPS) is 12.2. The highest BCUT2D eigenvalue weighted by molar-refractivity contribution is 5.73. The molecule has 0 radical (unpaired) electrons. The van der Waals surface area contributed by atoms with Crippen molar-refractivity contribution in [2.24, 2.45) is 0 Å². The van der Waals surface area contributed by atoms with Crippen molar-refractivity contribution in [3.05, 3.63) is 29.8 Å². The van der Waals surface area contributed by atoms with Gasteiger partial charge in [0.15, 0.2) is 0 Å². The summed E-state index contributed by atoms with van der Waals surface area (Å²) in [5.74, 6) is -0.612. The van der Waals surface area contributed by atoms with Gasteiger partial charge >= 0.3 is 5.97 Å². The van der Waals surface area contributed by atoms with Crippen LogP contribution in [-0.2, 0) is 11.2 Å². The fourth-order valence-electron chi connectivity index (χ4n) is 3.71. The lowest BCUT2D eigenvalue weighted by Crippen LogP contribution is -2.39. The van der Waals surface area contributed by atoms with E-state index in [1.165, 1.54) is 77.0 Å².